The first-order valence-electron chi connectivity index (χ1n) is 9.93. The number of hydrogen-bond acceptors (Lipinski definition) is 6. The Labute approximate surface area is 180 Å². The van der Waals surface area contributed by atoms with Crippen LogP contribution in [0.1, 0.15) is 42.3 Å². The molecule has 0 spiro atoms. The fraction of sp³-hybridized carbons (Fsp3) is 0.391. The van der Waals surface area contributed by atoms with Gasteiger partial charge in [0.15, 0.2) is 0 Å². The van der Waals surface area contributed by atoms with Crippen molar-refractivity contribution in [2.75, 3.05) is 20.3 Å². The van der Waals surface area contributed by atoms with Crippen LogP contribution in [0.15, 0.2) is 41.3 Å². The quantitative estimate of drug-likeness (QED) is 0.293. The molecule has 3 rings (SSSR count). The van der Waals surface area contributed by atoms with Gasteiger partial charge in [0, 0.05) is 23.6 Å². The number of Topliss-reactive ketones (excluding diaryl/α,β-unsaturated/α-hetero) is 1. The molecule has 2 heterocycles. The number of methoxy groups -OCH3 is 1. The van der Waals surface area contributed by atoms with Crippen molar-refractivity contribution >= 4 is 28.8 Å². The lowest BCUT2D eigenvalue weighted by Gasteiger charge is -2.25. The normalized spacial score (nSPS) is 18.4. The van der Waals surface area contributed by atoms with Crippen LogP contribution in [0.4, 0.5) is 0 Å². The second-order valence-corrected chi connectivity index (χ2v) is 8.41. The van der Waals surface area contributed by atoms with Gasteiger partial charge in [-0.2, -0.15) is 0 Å². The molecule has 1 aromatic heterocycles. The van der Waals surface area contributed by atoms with Gasteiger partial charge in [-0.3, -0.25) is 9.59 Å². The van der Waals surface area contributed by atoms with Gasteiger partial charge in [-0.25, -0.2) is 0 Å². The number of hydrogen-bond donors (Lipinski definition) is 1. The summed E-state index contributed by atoms with van der Waals surface area (Å²) in [5.41, 5.74) is 1.53. The van der Waals surface area contributed by atoms with Gasteiger partial charge >= 0.3 is 0 Å². The van der Waals surface area contributed by atoms with Gasteiger partial charge in [0.05, 0.1) is 24.8 Å². The number of benzene rings is 1. The van der Waals surface area contributed by atoms with Gasteiger partial charge in [0.25, 0.3) is 11.7 Å². The third-order valence-electron chi connectivity index (χ3n) is 5.03. The van der Waals surface area contributed by atoms with Crippen molar-refractivity contribution in [2.45, 2.75) is 39.3 Å². The zero-order chi connectivity index (χ0) is 21.8. The Kier molecular flexibility index (Phi) is 6.95. The van der Waals surface area contributed by atoms with Gasteiger partial charge in [-0.1, -0.05) is 12.1 Å². The summed E-state index contributed by atoms with van der Waals surface area (Å²) in [5, 5.41) is 13.0. The number of aliphatic hydroxyl groups is 1. The molecule has 0 bridgehead atoms. The summed E-state index contributed by atoms with van der Waals surface area (Å²) in [7, 11) is 1.53. The molecular formula is C23H27NO5S. The lowest BCUT2D eigenvalue weighted by atomic mass is 9.98. The zero-order valence-electron chi connectivity index (χ0n) is 17.7. The van der Waals surface area contributed by atoms with Crippen LogP contribution in [0, 0.1) is 6.92 Å². The summed E-state index contributed by atoms with van der Waals surface area (Å²) < 4.78 is 10.8. The number of aryl methyl sites for hydroxylation is 1. The molecule has 1 unspecified atom stereocenters. The molecule has 0 saturated carbocycles. The molecule has 0 radical (unpaired) electrons. The minimum absolute atomic E-state index is 0.101. The molecule has 1 aliphatic heterocycles. The Bertz CT molecular complexity index is 962. The van der Waals surface area contributed by atoms with Gasteiger partial charge < -0.3 is 19.5 Å². The summed E-state index contributed by atoms with van der Waals surface area (Å²) in [6.45, 7) is 6.71. The lowest BCUT2D eigenvalue weighted by molar-refractivity contribution is -0.140. The minimum atomic E-state index is -0.669. The summed E-state index contributed by atoms with van der Waals surface area (Å²) in [5.74, 6) is -0.895. The Morgan fingerprint density at radius 3 is 2.67 bits per heavy atom. The maximum atomic E-state index is 13.0. The van der Waals surface area contributed by atoms with Crippen LogP contribution < -0.4 is 4.74 Å². The SMILES string of the molecule is COc1cccc(/C(O)=C2/C(=O)C(=O)N(CCCOC(C)C)C2c2sccc2C)c1. The molecule has 7 heteroatoms. The van der Waals surface area contributed by atoms with Crippen LogP contribution in [-0.2, 0) is 14.3 Å². The molecule has 0 aliphatic carbocycles. The highest BCUT2D eigenvalue weighted by atomic mass is 32.1. The van der Waals surface area contributed by atoms with E-state index in [-0.39, 0.29) is 17.4 Å². The van der Waals surface area contributed by atoms with Crippen LogP contribution in [0.5, 0.6) is 5.75 Å². The molecule has 1 atom stereocenters. The second kappa shape index (κ2) is 9.45. The topological polar surface area (TPSA) is 76.1 Å². The Balaban J connectivity index is 2.03. The number of ether oxygens (including phenoxy) is 2. The van der Waals surface area contributed by atoms with E-state index in [9.17, 15) is 14.7 Å². The smallest absolute Gasteiger partial charge is 0.295 e. The number of likely N-dealkylation sites (tertiary alicyclic amines) is 1. The van der Waals surface area contributed by atoms with E-state index in [1.165, 1.54) is 18.4 Å². The highest BCUT2D eigenvalue weighted by Gasteiger charge is 2.46. The average molecular weight is 430 g/mol. The van der Waals surface area contributed by atoms with Crippen molar-refractivity contribution in [3.05, 3.63) is 57.3 Å². The Hall–Kier alpha value is -2.64. The number of thiophene rings is 1. The standard InChI is InChI=1S/C23H27NO5S/c1-14(2)29-11-6-10-24-19(22-15(3)9-12-30-22)18(21(26)23(24)27)20(25)16-7-5-8-17(13-16)28-4/h5,7-9,12-14,19,25H,6,10-11H2,1-4H3/b20-18-. The molecule has 160 valence electrons. The predicted molar refractivity (Wildman–Crippen MR) is 117 cm³/mol. The van der Waals surface area contributed by atoms with Crippen molar-refractivity contribution in [1.29, 1.82) is 0 Å². The molecular weight excluding hydrogens is 402 g/mol. The van der Waals surface area contributed by atoms with Crippen LogP contribution in [-0.4, -0.2) is 48.1 Å². The molecule has 1 saturated heterocycles. The minimum Gasteiger partial charge on any atom is -0.507 e. The van der Waals surface area contributed by atoms with Crippen LogP contribution in [0.3, 0.4) is 0 Å². The lowest BCUT2D eigenvalue weighted by Crippen LogP contribution is -2.31. The maximum Gasteiger partial charge on any atom is 0.295 e. The van der Waals surface area contributed by atoms with E-state index in [1.54, 1.807) is 29.2 Å². The van der Waals surface area contributed by atoms with E-state index in [0.717, 1.165) is 10.4 Å². The molecule has 2 aromatic rings. The fourth-order valence-electron chi connectivity index (χ4n) is 3.53. The Morgan fingerprint density at radius 2 is 2.03 bits per heavy atom. The highest BCUT2D eigenvalue weighted by Crippen LogP contribution is 2.42. The molecule has 1 N–H and O–H groups in total. The summed E-state index contributed by atoms with van der Waals surface area (Å²) in [4.78, 5) is 28.3. The van der Waals surface area contributed by atoms with Crippen molar-refractivity contribution < 1.29 is 24.2 Å². The van der Waals surface area contributed by atoms with Gasteiger partial charge in [0.2, 0.25) is 0 Å². The number of ketones is 1. The average Bonchev–Trinajstić information content (AvgIpc) is 3.26. The highest BCUT2D eigenvalue weighted by molar-refractivity contribution is 7.10. The monoisotopic (exact) mass is 429 g/mol. The fourth-order valence-corrected chi connectivity index (χ4v) is 4.57. The number of carbonyl (C=O) groups is 2. The second-order valence-electron chi connectivity index (χ2n) is 7.47. The number of aliphatic hydroxyl groups excluding tert-OH is 1. The molecule has 6 nitrogen and oxygen atoms in total. The van der Waals surface area contributed by atoms with E-state index in [4.69, 9.17) is 9.47 Å². The summed E-state index contributed by atoms with van der Waals surface area (Å²) in [6.07, 6.45) is 0.703. The van der Waals surface area contributed by atoms with E-state index in [1.807, 2.05) is 32.2 Å². The first kappa shape index (κ1) is 22.1. The van der Waals surface area contributed by atoms with E-state index < -0.39 is 17.7 Å². The van der Waals surface area contributed by atoms with Gasteiger partial charge in [0.1, 0.15) is 11.5 Å². The van der Waals surface area contributed by atoms with E-state index in [2.05, 4.69) is 0 Å². The van der Waals surface area contributed by atoms with E-state index in [0.29, 0.717) is 30.9 Å². The van der Waals surface area contributed by atoms with Crippen molar-refractivity contribution in [1.82, 2.24) is 4.90 Å². The number of carbonyl (C=O) groups excluding carboxylic acids is 2. The van der Waals surface area contributed by atoms with Gasteiger partial charge in [-0.15, -0.1) is 11.3 Å². The third kappa shape index (κ3) is 4.42. The van der Waals surface area contributed by atoms with Gasteiger partial charge in [-0.05, 0) is 56.3 Å². The Morgan fingerprint density at radius 1 is 1.27 bits per heavy atom. The molecule has 1 amide bonds. The van der Waals surface area contributed by atoms with Crippen LogP contribution in [0.2, 0.25) is 0 Å². The third-order valence-corrected chi connectivity index (χ3v) is 6.10. The van der Waals surface area contributed by atoms with Crippen LogP contribution >= 0.6 is 11.3 Å². The number of nitrogens with zero attached hydrogens (tertiary/aromatic N) is 1. The largest absolute Gasteiger partial charge is 0.507 e. The van der Waals surface area contributed by atoms with Crippen molar-refractivity contribution in [3.63, 3.8) is 0 Å². The molecule has 1 fully saturated rings. The first-order chi connectivity index (χ1) is 14.3. The van der Waals surface area contributed by atoms with E-state index >= 15 is 0 Å². The molecule has 1 aliphatic rings. The molecule has 1 aromatic carbocycles. The zero-order valence-corrected chi connectivity index (χ0v) is 18.5. The van der Waals surface area contributed by atoms with Crippen LogP contribution in [0.25, 0.3) is 5.76 Å². The molecule has 30 heavy (non-hydrogen) atoms. The summed E-state index contributed by atoms with van der Waals surface area (Å²) >= 11 is 1.48. The summed E-state index contributed by atoms with van der Waals surface area (Å²) in [6, 6.07) is 8.17. The first-order valence-corrected chi connectivity index (χ1v) is 10.8. The van der Waals surface area contributed by atoms with Crippen molar-refractivity contribution in [2.24, 2.45) is 0 Å². The predicted octanol–water partition coefficient (Wildman–Crippen LogP) is 4.30. The maximum absolute atomic E-state index is 13.0. The number of amides is 1. The van der Waals surface area contributed by atoms with Crippen molar-refractivity contribution in [3.8, 4) is 5.75 Å². The number of rotatable bonds is 8.